The summed E-state index contributed by atoms with van der Waals surface area (Å²) in [6, 6.07) is 0. The number of rotatable bonds is 3. The Bertz CT molecular complexity index is 663. The highest BCUT2D eigenvalue weighted by atomic mass is 16.6. The molecule has 1 saturated heterocycles. The number of aromatic nitrogens is 4. The topological polar surface area (TPSA) is 160 Å². The van der Waals surface area contributed by atoms with Crippen molar-refractivity contribution >= 4 is 17.0 Å². The van der Waals surface area contributed by atoms with Crippen LogP contribution in [0.4, 0.5) is 5.82 Å². The van der Waals surface area contributed by atoms with Crippen LogP contribution < -0.4 is 5.73 Å². The van der Waals surface area contributed by atoms with Gasteiger partial charge in [0.05, 0.1) is 19.5 Å². The monoisotopic (exact) mass is 297 g/mol. The Morgan fingerprint density at radius 2 is 2.05 bits per heavy atom. The van der Waals surface area contributed by atoms with E-state index in [2.05, 4.69) is 15.0 Å². The fraction of sp³-hybridized carbons (Fsp3) is 0.545. The van der Waals surface area contributed by atoms with Gasteiger partial charge in [-0.2, -0.15) is 0 Å². The summed E-state index contributed by atoms with van der Waals surface area (Å²) in [7, 11) is 0. The van der Waals surface area contributed by atoms with Crippen molar-refractivity contribution in [3.8, 4) is 0 Å². The second-order valence-electron chi connectivity index (χ2n) is 4.82. The molecule has 4 atom stereocenters. The van der Waals surface area contributed by atoms with Gasteiger partial charge in [0, 0.05) is 0 Å². The van der Waals surface area contributed by atoms with Gasteiger partial charge in [-0.3, -0.25) is 4.57 Å². The summed E-state index contributed by atoms with van der Waals surface area (Å²) in [5, 5.41) is 39.1. The van der Waals surface area contributed by atoms with Gasteiger partial charge in [0.2, 0.25) is 0 Å². The van der Waals surface area contributed by atoms with E-state index in [0.717, 1.165) is 0 Å². The van der Waals surface area contributed by atoms with E-state index in [9.17, 15) is 20.4 Å². The predicted octanol–water partition coefficient (Wildman–Crippen LogP) is -2.83. The summed E-state index contributed by atoms with van der Waals surface area (Å²) in [5.41, 5.74) is 4.50. The minimum absolute atomic E-state index is 0.138. The van der Waals surface area contributed by atoms with Crippen LogP contribution in [-0.2, 0) is 10.5 Å². The Morgan fingerprint density at radius 3 is 2.67 bits per heavy atom. The molecule has 3 heterocycles. The maximum atomic E-state index is 10.2. The molecule has 10 heteroatoms. The smallest absolute Gasteiger partial charge is 0.199 e. The molecule has 21 heavy (non-hydrogen) atoms. The number of nitrogen functional groups attached to an aromatic ring is 1. The fourth-order valence-corrected chi connectivity index (χ4v) is 2.55. The van der Waals surface area contributed by atoms with Gasteiger partial charge in [0.1, 0.15) is 30.2 Å². The Balaban J connectivity index is 2.17. The molecule has 2 aromatic rings. The van der Waals surface area contributed by atoms with Crippen molar-refractivity contribution in [2.75, 3.05) is 18.9 Å². The molecule has 0 amide bonds. The van der Waals surface area contributed by atoms with Crippen molar-refractivity contribution in [1.82, 2.24) is 19.5 Å². The van der Waals surface area contributed by atoms with Gasteiger partial charge in [-0.15, -0.1) is 0 Å². The summed E-state index contributed by atoms with van der Waals surface area (Å²) in [4.78, 5) is 11.8. The van der Waals surface area contributed by atoms with Crippen LogP contribution in [0.25, 0.3) is 11.2 Å². The lowest BCUT2D eigenvalue weighted by Gasteiger charge is -2.31. The highest BCUT2D eigenvalue weighted by molar-refractivity contribution is 5.81. The summed E-state index contributed by atoms with van der Waals surface area (Å²) in [6.45, 7) is -1.17. The van der Waals surface area contributed by atoms with Gasteiger partial charge in [-0.1, -0.05) is 0 Å². The third kappa shape index (κ3) is 1.81. The van der Waals surface area contributed by atoms with Crippen LogP contribution in [0.3, 0.4) is 0 Å². The number of nitrogens with two attached hydrogens (primary N) is 1. The highest BCUT2D eigenvalue weighted by Crippen LogP contribution is 2.37. The molecule has 0 aromatic carbocycles. The van der Waals surface area contributed by atoms with E-state index in [4.69, 9.17) is 10.5 Å². The Hall–Kier alpha value is -1.85. The van der Waals surface area contributed by atoms with Gasteiger partial charge >= 0.3 is 0 Å². The van der Waals surface area contributed by atoms with Crippen molar-refractivity contribution in [3.05, 3.63) is 12.7 Å². The van der Waals surface area contributed by atoms with Gasteiger partial charge in [-0.25, -0.2) is 15.0 Å². The number of aliphatic hydroxyl groups excluding tert-OH is 4. The fourth-order valence-electron chi connectivity index (χ4n) is 2.55. The maximum Gasteiger partial charge on any atom is 0.199 e. The first-order chi connectivity index (χ1) is 10.0. The zero-order chi connectivity index (χ0) is 15.2. The average Bonchev–Trinajstić information content (AvgIpc) is 3.03. The van der Waals surface area contributed by atoms with Crippen molar-refractivity contribution in [1.29, 1.82) is 0 Å². The molecule has 0 spiro atoms. The molecule has 114 valence electrons. The molecular weight excluding hydrogens is 282 g/mol. The van der Waals surface area contributed by atoms with Crippen LogP contribution in [0.15, 0.2) is 12.7 Å². The van der Waals surface area contributed by atoms with E-state index in [1.807, 2.05) is 0 Å². The average molecular weight is 297 g/mol. The summed E-state index contributed by atoms with van der Waals surface area (Å²) in [6.07, 6.45) is -1.39. The number of nitrogens with zero attached hydrogens (tertiary/aromatic N) is 4. The quantitative estimate of drug-likeness (QED) is 0.402. The van der Waals surface area contributed by atoms with Crippen molar-refractivity contribution in [2.24, 2.45) is 0 Å². The third-order valence-electron chi connectivity index (χ3n) is 3.70. The molecule has 0 radical (unpaired) electrons. The molecule has 1 fully saturated rings. The second-order valence-corrected chi connectivity index (χ2v) is 4.82. The Labute approximate surface area is 118 Å². The van der Waals surface area contributed by atoms with Crippen LogP contribution in [0.5, 0.6) is 0 Å². The predicted molar refractivity (Wildman–Crippen MR) is 68.8 cm³/mol. The van der Waals surface area contributed by atoms with Crippen LogP contribution in [0.1, 0.15) is 0 Å². The first-order valence-electron chi connectivity index (χ1n) is 6.25. The van der Waals surface area contributed by atoms with Crippen LogP contribution in [0, 0.1) is 0 Å². The van der Waals surface area contributed by atoms with E-state index in [0.29, 0.717) is 0 Å². The third-order valence-corrected chi connectivity index (χ3v) is 3.70. The van der Waals surface area contributed by atoms with E-state index in [1.54, 1.807) is 0 Å². The van der Waals surface area contributed by atoms with Crippen LogP contribution in [0.2, 0.25) is 0 Å². The number of hydrogen-bond donors (Lipinski definition) is 5. The molecule has 1 aliphatic rings. The summed E-state index contributed by atoms with van der Waals surface area (Å²) >= 11 is 0. The zero-order valence-electron chi connectivity index (χ0n) is 10.9. The van der Waals surface area contributed by atoms with Crippen molar-refractivity contribution in [3.63, 3.8) is 0 Å². The maximum absolute atomic E-state index is 10.2. The standard InChI is InChI=1S/C11H15N5O5/c12-9-6-10(14-3-13-9)16(4-15-6)11(2-18)8(20)7(19)5(1-17)21-11/h3-5,7-8,17-20H,1-2H2,(H2,12,13,14)/t5?,7?,8?,11-/m1/s1. The molecule has 6 N–H and O–H groups in total. The number of aliphatic hydroxyl groups is 4. The molecule has 3 rings (SSSR count). The van der Waals surface area contributed by atoms with E-state index >= 15 is 0 Å². The molecule has 10 nitrogen and oxygen atoms in total. The Morgan fingerprint density at radius 1 is 1.29 bits per heavy atom. The number of hydrogen-bond acceptors (Lipinski definition) is 9. The van der Waals surface area contributed by atoms with Crippen LogP contribution >= 0.6 is 0 Å². The lowest BCUT2D eigenvalue weighted by Crippen LogP contribution is -2.48. The normalized spacial score (nSPS) is 32.9. The number of imidazole rings is 1. The molecule has 0 aliphatic carbocycles. The van der Waals surface area contributed by atoms with E-state index < -0.39 is 37.3 Å². The molecule has 3 unspecified atom stereocenters. The van der Waals surface area contributed by atoms with Crippen molar-refractivity contribution in [2.45, 2.75) is 24.0 Å². The number of anilines is 1. The van der Waals surface area contributed by atoms with Gasteiger partial charge < -0.3 is 30.9 Å². The SMILES string of the molecule is Nc1ncnc2c1ncn2[C@]1(CO)OC(CO)C(O)C1O. The first-order valence-corrected chi connectivity index (χ1v) is 6.25. The minimum Gasteiger partial charge on any atom is -0.394 e. The summed E-state index contributed by atoms with van der Waals surface area (Å²) in [5.74, 6) is 0.138. The molecular formula is C11H15N5O5. The summed E-state index contributed by atoms with van der Waals surface area (Å²) < 4.78 is 6.77. The minimum atomic E-state index is -1.71. The van der Waals surface area contributed by atoms with Gasteiger partial charge in [0.25, 0.3) is 0 Å². The molecule has 0 saturated carbocycles. The van der Waals surface area contributed by atoms with Gasteiger partial charge in [-0.05, 0) is 0 Å². The van der Waals surface area contributed by atoms with E-state index in [1.165, 1.54) is 17.2 Å². The first kappa shape index (κ1) is 14.1. The number of fused-ring (bicyclic) bond motifs is 1. The molecule has 1 aliphatic heterocycles. The van der Waals surface area contributed by atoms with Crippen LogP contribution in [-0.4, -0.2) is 71.5 Å². The highest BCUT2D eigenvalue weighted by Gasteiger charge is 2.55. The van der Waals surface area contributed by atoms with Crippen molar-refractivity contribution < 1.29 is 25.2 Å². The Kier molecular flexibility index (Phi) is 3.26. The molecule has 0 bridgehead atoms. The lowest BCUT2D eigenvalue weighted by atomic mass is 10.0. The van der Waals surface area contributed by atoms with E-state index in [-0.39, 0.29) is 17.0 Å². The second kappa shape index (κ2) is 4.86. The zero-order valence-corrected chi connectivity index (χ0v) is 10.9. The number of ether oxygens (including phenoxy) is 1. The molecule has 2 aromatic heterocycles. The lowest BCUT2D eigenvalue weighted by molar-refractivity contribution is -0.169. The van der Waals surface area contributed by atoms with Gasteiger partial charge in [0.15, 0.2) is 17.2 Å². The largest absolute Gasteiger partial charge is 0.394 e.